The van der Waals surface area contributed by atoms with Gasteiger partial charge in [0.05, 0.1) is 12.0 Å². The Labute approximate surface area is 162 Å². The van der Waals surface area contributed by atoms with Crippen LogP contribution in [0.2, 0.25) is 0 Å². The van der Waals surface area contributed by atoms with Crippen LogP contribution in [0.1, 0.15) is 19.8 Å². The van der Waals surface area contributed by atoms with Gasteiger partial charge in [-0.25, -0.2) is 9.97 Å². The van der Waals surface area contributed by atoms with Gasteiger partial charge in [-0.3, -0.25) is 0 Å². The summed E-state index contributed by atoms with van der Waals surface area (Å²) in [6, 6.07) is 18.4. The molecule has 2 aromatic carbocycles. The van der Waals surface area contributed by atoms with Gasteiger partial charge in [0.15, 0.2) is 0 Å². The number of nitrogens with one attached hydrogen (secondary N) is 1. The predicted octanol–water partition coefficient (Wildman–Crippen LogP) is 6.28. The van der Waals surface area contributed by atoms with Crippen LogP contribution in [0.25, 0.3) is 21.3 Å². The highest BCUT2D eigenvalue weighted by molar-refractivity contribution is 7.17. The zero-order chi connectivity index (χ0) is 18.5. The molecule has 0 atom stereocenters. The molecule has 0 aliphatic heterocycles. The quantitative estimate of drug-likeness (QED) is 0.386. The topological polar surface area (TPSA) is 47.0 Å². The smallest absolute Gasteiger partial charge is 0.143 e. The largest absolute Gasteiger partial charge is 0.494 e. The third-order valence-electron chi connectivity index (χ3n) is 4.34. The molecule has 2 heterocycles. The van der Waals surface area contributed by atoms with Gasteiger partial charge >= 0.3 is 0 Å². The van der Waals surface area contributed by atoms with Crippen LogP contribution in [0.15, 0.2) is 66.3 Å². The van der Waals surface area contributed by atoms with Crippen molar-refractivity contribution >= 4 is 33.1 Å². The fourth-order valence-electron chi connectivity index (χ4n) is 2.91. The third-order valence-corrected chi connectivity index (χ3v) is 5.23. The third kappa shape index (κ3) is 3.93. The molecular formula is C22H21N3OS. The molecule has 4 nitrogen and oxygen atoms in total. The molecule has 136 valence electrons. The van der Waals surface area contributed by atoms with Crippen molar-refractivity contribution in [3.8, 4) is 16.9 Å². The lowest BCUT2D eigenvalue weighted by Gasteiger charge is -2.10. The number of hydrogen-bond acceptors (Lipinski definition) is 5. The number of fused-ring (bicyclic) bond motifs is 1. The van der Waals surface area contributed by atoms with Gasteiger partial charge in [-0.1, -0.05) is 43.7 Å². The van der Waals surface area contributed by atoms with Crippen molar-refractivity contribution in [2.75, 3.05) is 11.9 Å². The molecule has 0 aliphatic carbocycles. The average Bonchev–Trinajstić information content (AvgIpc) is 3.15. The summed E-state index contributed by atoms with van der Waals surface area (Å²) < 4.78 is 5.73. The number of aromatic nitrogens is 2. The Morgan fingerprint density at radius 3 is 2.59 bits per heavy atom. The number of unbranched alkanes of at least 4 members (excludes halogenated alkanes) is 1. The van der Waals surface area contributed by atoms with E-state index in [1.807, 2.05) is 42.5 Å². The number of anilines is 2. The molecule has 0 aliphatic rings. The van der Waals surface area contributed by atoms with Gasteiger partial charge in [-0.05, 0) is 36.2 Å². The van der Waals surface area contributed by atoms with Gasteiger partial charge in [-0.2, -0.15) is 0 Å². The SMILES string of the molecule is CCCCOc1ccc(Nc2ncnc3scc(-c4ccccc4)c23)cc1. The lowest BCUT2D eigenvalue weighted by atomic mass is 10.1. The zero-order valence-corrected chi connectivity index (χ0v) is 16.0. The van der Waals surface area contributed by atoms with E-state index < -0.39 is 0 Å². The molecule has 5 heteroatoms. The number of benzene rings is 2. The van der Waals surface area contributed by atoms with Crippen LogP contribution in [-0.2, 0) is 0 Å². The zero-order valence-electron chi connectivity index (χ0n) is 15.2. The Balaban J connectivity index is 1.61. The molecular weight excluding hydrogens is 354 g/mol. The molecule has 0 spiro atoms. The van der Waals surface area contributed by atoms with Crippen molar-refractivity contribution in [2.45, 2.75) is 19.8 Å². The van der Waals surface area contributed by atoms with Crippen LogP contribution in [-0.4, -0.2) is 16.6 Å². The summed E-state index contributed by atoms with van der Waals surface area (Å²) in [5.74, 6) is 1.71. The minimum atomic E-state index is 0.755. The highest BCUT2D eigenvalue weighted by atomic mass is 32.1. The van der Waals surface area contributed by atoms with Gasteiger partial charge < -0.3 is 10.1 Å². The summed E-state index contributed by atoms with van der Waals surface area (Å²) in [7, 11) is 0. The molecule has 0 saturated heterocycles. The van der Waals surface area contributed by atoms with Crippen molar-refractivity contribution in [1.82, 2.24) is 9.97 Å². The molecule has 4 aromatic rings. The van der Waals surface area contributed by atoms with E-state index in [9.17, 15) is 0 Å². The second-order valence-electron chi connectivity index (χ2n) is 6.27. The van der Waals surface area contributed by atoms with E-state index in [1.165, 1.54) is 5.56 Å². The molecule has 0 amide bonds. The standard InChI is InChI=1S/C22H21N3OS/c1-2-3-13-26-18-11-9-17(10-12-18)25-21-20-19(16-7-5-4-6-8-16)14-27-22(20)24-15-23-21/h4-12,14-15H,2-3,13H2,1H3,(H,23,24,25). The molecule has 4 rings (SSSR count). The fraction of sp³-hybridized carbons (Fsp3) is 0.182. The van der Waals surface area contributed by atoms with E-state index in [0.29, 0.717) is 0 Å². The average molecular weight is 375 g/mol. The lowest BCUT2D eigenvalue weighted by molar-refractivity contribution is 0.309. The monoisotopic (exact) mass is 375 g/mol. The molecule has 0 fully saturated rings. The number of ether oxygens (including phenoxy) is 1. The highest BCUT2D eigenvalue weighted by Crippen LogP contribution is 2.37. The summed E-state index contributed by atoms with van der Waals surface area (Å²) in [6.07, 6.45) is 3.81. The number of rotatable bonds is 7. The Kier molecular flexibility index (Phi) is 5.30. The molecule has 2 aromatic heterocycles. The fourth-order valence-corrected chi connectivity index (χ4v) is 3.82. The Hall–Kier alpha value is -2.92. The molecule has 0 radical (unpaired) electrons. The van der Waals surface area contributed by atoms with Crippen LogP contribution in [0, 0.1) is 0 Å². The number of nitrogens with zero attached hydrogens (tertiary/aromatic N) is 2. The summed E-state index contributed by atoms with van der Waals surface area (Å²) in [5.41, 5.74) is 3.29. The first-order chi connectivity index (χ1) is 13.3. The lowest BCUT2D eigenvalue weighted by Crippen LogP contribution is -1.98. The van der Waals surface area contributed by atoms with Gasteiger partial charge in [-0.15, -0.1) is 11.3 Å². The van der Waals surface area contributed by atoms with E-state index in [1.54, 1.807) is 17.7 Å². The van der Waals surface area contributed by atoms with Gasteiger partial charge in [0.25, 0.3) is 0 Å². The molecule has 0 bridgehead atoms. The minimum absolute atomic E-state index is 0.755. The van der Waals surface area contributed by atoms with Crippen LogP contribution >= 0.6 is 11.3 Å². The van der Waals surface area contributed by atoms with Crippen LogP contribution in [0.4, 0.5) is 11.5 Å². The van der Waals surface area contributed by atoms with Gasteiger partial charge in [0.2, 0.25) is 0 Å². The second kappa shape index (κ2) is 8.18. The van der Waals surface area contributed by atoms with E-state index in [-0.39, 0.29) is 0 Å². The van der Waals surface area contributed by atoms with E-state index in [0.717, 1.165) is 52.5 Å². The van der Waals surface area contributed by atoms with Gasteiger partial charge in [0, 0.05) is 16.6 Å². The van der Waals surface area contributed by atoms with Crippen LogP contribution in [0.5, 0.6) is 5.75 Å². The Bertz CT molecular complexity index is 1010. The number of thiophene rings is 1. The maximum absolute atomic E-state index is 5.73. The van der Waals surface area contributed by atoms with Crippen molar-refractivity contribution in [1.29, 1.82) is 0 Å². The first-order valence-corrected chi connectivity index (χ1v) is 10.0. The highest BCUT2D eigenvalue weighted by Gasteiger charge is 2.13. The van der Waals surface area contributed by atoms with E-state index in [2.05, 4.69) is 39.7 Å². The second-order valence-corrected chi connectivity index (χ2v) is 7.13. The predicted molar refractivity (Wildman–Crippen MR) is 113 cm³/mol. The summed E-state index contributed by atoms with van der Waals surface area (Å²) in [5, 5.41) is 6.63. The first-order valence-electron chi connectivity index (χ1n) is 9.12. The molecule has 1 N–H and O–H groups in total. The van der Waals surface area contributed by atoms with Crippen LogP contribution in [0.3, 0.4) is 0 Å². The van der Waals surface area contributed by atoms with Crippen molar-refractivity contribution < 1.29 is 4.74 Å². The maximum Gasteiger partial charge on any atom is 0.143 e. The molecule has 27 heavy (non-hydrogen) atoms. The molecule has 0 unspecified atom stereocenters. The first kappa shape index (κ1) is 17.5. The Morgan fingerprint density at radius 2 is 1.81 bits per heavy atom. The van der Waals surface area contributed by atoms with Gasteiger partial charge in [0.1, 0.15) is 22.7 Å². The summed E-state index contributed by atoms with van der Waals surface area (Å²) >= 11 is 1.64. The normalized spacial score (nSPS) is 10.9. The Morgan fingerprint density at radius 1 is 1.00 bits per heavy atom. The van der Waals surface area contributed by atoms with E-state index in [4.69, 9.17) is 4.74 Å². The van der Waals surface area contributed by atoms with Crippen LogP contribution < -0.4 is 10.1 Å². The summed E-state index contributed by atoms with van der Waals surface area (Å²) in [4.78, 5) is 9.91. The van der Waals surface area contributed by atoms with Crippen molar-refractivity contribution in [3.05, 3.63) is 66.3 Å². The minimum Gasteiger partial charge on any atom is -0.494 e. The summed E-state index contributed by atoms with van der Waals surface area (Å²) in [6.45, 7) is 2.91. The molecule has 0 saturated carbocycles. The number of hydrogen-bond donors (Lipinski definition) is 1. The van der Waals surface area contributed by atoms with Crippen molar-refractivity contribution in [2.24, 2.45) is 0 Å². The maximum atomic E-state index is 5.73. The van der Waals surface area contributed by atoms with Crippen molar-refractivity contribution in [3.63, 3.8) is 0 Å². The van der Waals surface area contributed by atoms with E-state index >= 15 is 0 Å².